The second kappa shape index (κ2) is 9.85. The zero-order valence-corrected chi connectivity index (χ0v) is 3.87. The van der Waals surface area contributed by atoms with Crippen LogP contribution in [0, 0.1) is 0 Å². The molecule has 0 spiro atoms. The monoisotopic (exact) mass is 132 g/mol. The average molecular weight is 132 g/mol. The van der Waals surface area contributed by atoms with Gasteiger partial charge in [0.15, 0.2) is 0 Å². The first kappa shape index (κ1) is 10.6. The van der Waals surface area contributed by atoms with Crippen molar-refractivity contribution in [2.75, 3.05) is 6.61 Å². The summed E-state index contributed by atoms with van der Waals surface area (Å²) in [5.74, 6) is 0. The van der Waals surface area contributed by atoms with E-state index in [9.17, 15) is 4.57 Å². The molecule has 2 nitrogen and oxygen atoms in total. The Morgan fingerprint density at radius 1 is 1.83 bits per heavy atom. The van der Waals surface area contributed by atoms with Gasteiger partial charge in [0.25, 0.3) is 0 Å². The van der Waals surface area contributed by atoms with Gasteiger partial charge in [-0.15, -0.1) is 0 Å². The van der Waals surface area contributed by atoms with Crippen molar-refractivity contribution in [1.29, 1.82) is 0 Å². The third kappa shape index (κ3) is 9.20. The standard InChI is InChI=1S/C2H5O2P.K.H/c1-2-4-5-3;;/h2H2,1H3;;. The maximum atomic E-state index is 9.28. The number of hydrogen-bond acceptors (Lipinski definition) is 2. The molecule has 6 heavy (non-hydrogen) atoms. The predicted octanol–water partition coefficient (Wildman–Crippen LogP) is 0.581. The summed E-state index contributed by atoms with van der Waals surface area (Å²) in [6, 6.07) is 0. The summed E-state index contributed by atoms with van der Waals surface area (Å²) in [4.78, 5) is 0. The van der Waals surface area contributed by atoms with Gasteiger partial charge in [0.05, 0.1) is 6.61 Å². The molecule has 0 rings (SSSR count). The molecule has 32 valence electrons. The van der Waals surface area contributed by atoms with Gasteiger partial charge in [-0.1, -0.05) is 0 Å². The first-order chi connectivity index (χ1) is 2.41. The van der Waals surface area contributed by atoms with Crippen molar-refractivity contribution in [3.8, 4) is 0 Å². The molecule has 0 aliphatic rings. The zero-order valence-electron chi connectivity index (χ0n) is 2.97. The van der Waals surface area contributed by atoms with Crippen molar-refractivity contribution < 1.29 is 9.09 Å². The van der Waals surface area contributed by atoms with Crippen LogP contribution in [0.5, 0.6) is 0 Å². The molecule has 0 aromatic heterocycles. The van der Waals surface area contributed by atoms with E-state index in [0.717, 1.165) is 0 Å². The molecular weight excluding hydrogens is 126 g/mol. The Morgan fingerprint density at radius 3 is 2.33 bits per heavy atom. The van der Waals surface area contributed by atoms with E-state index in [4.69, 9.17) is 0 Å². The van der Waals surface area contributed by atoms with Crippen LogP contribution in [0.3, 0.4) is 0 Å². The first-order valence-electron chi connectivity index (χ1n) is 1.36. The van der Waals surface area contributed by atoms with Gasteiger partial charge in [0, 0.05) is 0 Å². The fourth-order valence-electron chi connectivity index (χ4n) is 0.0527. The Labute approximate surface area is 81.3 Å². The third-order valence-corrected chi connectivity index (χ3v) is 0.545. The Morgan fingerprint density at radius 2 is 2.33 bits per heavy atom. The van der Waals surface area contributed by atoms with Gasteiger partial charge < -0.3 is 0 Å². The van der Waals surface area contributed by atoms with E-state index in [1.54, 1.807) is 6.92 Å². The molecule has 0 aromatic carbocycles. The van der Waals surface area contributed by atoms with Gasteiger partial charge in [-0.2, -0.15) is 0 Å². The molecule has 0 atom stereocenters. The summed E-state index contributed by atoms with van der Waals surface area (Å²) < 4.78 is 13.5. The second-order valence-electron chi connectivity index (χ2n) is 0.492. The Bertz CT molecular complexity index is 32.7. The van der Waals surface area contributed by atoms with Crippen LogP contribution < -0.4 is 0 Å². The molecule has 0 saturated heterocycles. The summed E-state index contributed by atoms with van der Waals surface area (Å²) in [7, 11) is -0.220. The summed E-state index contributed by atoms with van der Waals surface area (Å²) in [6.07, 6.45) is 0. The van der Waals surface area contributed by atoms with Gasteiger partial charge >= 0.3 is 60.1 Å². The fourth-order valence-corrected chi connectivity index (χ4v) is 0.158. The maximum absolute atomic E-state index is 9.28. The topological polar surface area (TPSA) is 26.3 Å². The van der Waals surface area contributed by atoms with E-state index in [1.165, 1.54) is 0 Å². The van der Waals surface area contributed by atoms with Gasteiger partial charge in [-0.3, -0.25) is 4.52 Å². The Hall–Kier alpha value is 1.70. The number of rotatable bonds is 2. The van der Waals surface area contributed by atoms with Crippen molar-refractivity contribution >= 4 is 60.1 Å². The van der Waals surface area contributed by atoms with Crippen LogP contribution in [-0.4, -0.2) is 58.0 Å². The molecule has 0 unspecified atom stereocenters. The SMILES string of the molecule is CCOP=O.[KH]. The van der Waals surface area contributed by atoms with Gasteiger partial charge in [-0.05, 0) is 6.92 Å². The van der Waals surface area contributed by atoms with E-state index < -0.39 is 0 Å². The van der Waals surface area contributed by atoms with Crippen LogP contribution in [0.1, 0.15) is 6.92 Å². The molecule has 0 amide bonds. The van der Waals surface area contributed by atoms with Crippen molar-refractivity contribution in [1.82, 2.24) is 0 Å². The number of hydrogen-bond donors (Lipinski definition) is 0. The Balaban J connectivity index is 0. The summed E-state index contributed by atoms with van der Waals surface area (Å²) >= 11 is 0. The molecule has 0 saturated carbocycles. The van der Waals surface area contributed by atoms with Crippen LogP contribution in [0.15, 0.2) is 0 Å². The molecule has 0 radical (unpaired) electrons. The van der Waals surface area contributed by atoms with E-state index in [0.29, 0.717) is 6.61 Å². The van der Waals surface area contributed by atoms with E-state index in [1.807, 2.05) is 0 Å². The van der Waals surface area contributed by atoms with E-state index >= 15 is 0 Å². The molecule has 4 heteroatoms. The molecule has 0 heterocycles. The fraction of sp³-hybridized carbons (Fsp3) is 1.00. The predicted molar refractivity (Wildman–Crippen MR) is 26.4 cm³/mol. The Kier molecular flexibility index (Phi) is 17.5. The van der Waals surface area contributed by atoms with Crippen molar-refractivity contribution in [2.24, 2.45) is 0 Å². The normalized spacial score (nSPS) is 7.50. The molecule has 0 aromatic rings. The van der Waals surface area contributed by atoms with Crippen LogP contribution >= 0.6 is 8.69 Å². The van der Waals surface area contributed by atoms with Gasteiger partial charge in [0.1, 0.15) is 0 Å². The first-order valence-corrected chi connectivity index (χ1v) is 2.09. The summed E-state index contributed by atoms with van der Waals surface area (Å²) in [5.41, 5.74) is 0. The van der Waals surface area contributed by atoms with Crippen LogP contribution in [0.2, 0.25) is 0 Å². The summed E-state index contributed by atoms with van der Waals surface area (Å²) in [6.45, 7) is 2.30. The van der Waals surface area contributed by atoms with E-state index in [2.05, 4.69) is 4.52 Å². The minimum absolute atomic E-state index is 0. The van der Waals surface area contributed by atoms with E-state index in [-0.39, 0.29) is 60.1 Å². The summed E-state index contributed by atoms with van der Waals surface area (Å²) in [5, 5.41) is 0. The van der Waals surface area contributed by atoms with Crippen molar-refractivity contribution in [3.63, 3.8) is 0 Å². The molecule has 0 N–H and O–H groups in total. The molecule has 0 bridgehead atoms. The zero-order chi connectivity index (χ0) is 4.12. The van der Waals surface area contributed by atoms with Gasteiger partial charge in [-0.25, -0.2) is 4.57 Å². The quantitative estimate of drug-likeness (QED) is 0.406. The van der Waals surface area contributed by atoms with Gasteiger partial charge in [0.2, 0.25) is 0 Å². The van der Waals surface area contributed by atoms with Crippen LogP contribution in [-0.2, 0) is 9.09 Å². The second-order valence-corrected chi connectivity index (χ2v) is 0.900. The molecule has 0 aliphatic heterocycles. The van der Waals surface area contributed by atoms with Crippen LogP contribution in [0.4, 0.5) is 0 Å². The van der Waals surface area contributed by atoms with Crippen LogP contribution in [0.25, 0.3) is 0 Å². The molecular formula is C2H6KO2P. The van der Waals surface area contributed by atoms with Crippen molar-refractivity contribution in [3.05, 3.63) is 0 Å². The molecule has 0 aliphatic carbocycles. The minimum atomic E-state index is -0.220. The average Bonchev–Trinajstić information content (AvgIpc) is 1.41. The molecule has 0 fully saturated rings. The third-order valence-electron chi connectivity index (χ3n) is 0.182. The van der Waals surface area contributed by atoms with Crippen molar-refractivity contribution in [2.45, 2.75) is 6.92 Å².